The summed E-state index contributed by atoms with van der Waals surface area (Å²) in [6, 6.07) is 12.6. The van der Waals surface area contributed by atoms with Gasteiger partial charge < -0.3 is 10.1 Å². The first-order valence-corrected chi connectivity index (χ1v) is 8.54. The van der Waals surface area contributed by atoms with E-state index in [1.165, 1.54) is 6.08 Å². The van der Waals surface area contributed by atoms with Gasteiger partial charge in [-0.2, -0.15) is 5.26 Å². The number of halogens is 2. The van der Waals surface area contributed by atoms with E-state index in [0.717, 1.165) is 5.56 Å². The van der Waals surface area contributed by atoms with Gasteiger partial charge in [-0.15, -0.1) is 0 Å². The second-order valence-corrected chi connectivity index (χ2v) is 6.60. The van der Waals surface area contributed by atoms with Crippen LogP contribution in [0.1, 0.15) is 11.1 Å². The summed E-state index contributed by atoms with van der Waals surface area (Å²) in [6.45, 7) is 2.09. The molecule has 0 atom stereocenters. The molecule has 0 spiro atoms. The molecule has 0 aromatic heterocycles. The Balaban J connectivity index is 1.87. The van der Waals surface area contributed by atoms with Crippen molar-refractivity contribution >= 4 is 40.9 Å². The molecule has 1 aliphatic rings. The number of benzene rings is 2. The highest BCUT2D eigenvalue weighted by molar-refractivity contribution is 6.36. The number of anilines is 1. The molecule has 3 rings (SSSR count). The van der Waals surface area contributed by atoms with Gasteiger partial charge in [-0.1, -0.05) is 41.4 Å². The third-order valence-electron chi connectivity index (χ3n) is 3.85. The molecule has 0 saturated heterocycles. The van der Waals surface area contributed by atoms with Crippen molar-refractivity contribution in [3.63, 3.8) is 0 Å². The van der Waals surface area contributed by atoms with Gasteiger partial charge in [0.25, 0.3) is 5.91 Å². The van der Waals surface area contributed by atoms with Crippen molar-refractivity contribution in [1.82, 2.24) is 0 Å². The Morgan fingerprint density at radius 3 is 2.81 bits per heavy atom. The van der Waals surface area contributed by atoms with E-state index in [0.29, 0.717) is 32.6 Å². The van der Waals surface area contributed by atoms with Gasteiger partial charge in [-0.05, 0) is 48.4 Å². The van der Waals surface area contributed by atoms with E-state index in [1.807, 2.05) is 31.2 Å². The summed E-state index contributed by atoms with van der Waals surface area (Å²) < 4.78 is 5.64. The number of rotatable bonds is 3. The molecule has 1 N–H and O–H groups in total. The van der Waals surface area contributed by atoms with Gasteiger partial charge in [-0.25, -0.2) is 0 Å². The Labute approximate surface area is 161 Å². The van der Waals surface area contributed by atoms with Gasteiger partial charge in [0.2, 0.25) is 0 Å². The van der Waals surface area contributed by atoms with Crippen LogP contribution in [0.5, 0.6) is 5.75 Å². The van der Waals surface area contributed by atoms with Crippen LogP contribution in [0.4, 0.5) is 5.69 Å². The smallest absolute Gasteiger partial charge is 0.266 e. The summed E-state index contributed by atoms with van der Waals surface area (Å²) in [5.41, 5.74) is 2.94. The fourth-order valence-corrected chi connectivity index (χ4v) is 3.12. The predicted octanol–water partition coefficient (Wildman–Crippen LogP) is 5.17. The number of aryl methyl sites for hydroxylation is 1. The maximum atomic E-state index is 12.4. The lowest BCUT2D eigenvalue weighted by Crippen LogP contribution is -2.15. The van der Waals surface area contributed by atoms with Crippen LogP contribution in [-0.4, -0.2) is 12.5 Å². The summed E-state index contributed by atoms with van der Waals surface area (Å²) in [4.78, 5) is 12.4. The lowest BCUT2D eigenvalue weighted by molar-refractivity contribution is -0.112. The van der Waals surface area contributed by atoms with Gasteiger partial charge in [0, 0.05) is 16.3 Å². The van der Waals surface area contributed by atoms with Gasteiger partial charge in [-0.3, -0.25) is 4.79 Å². The molecule has 0 fully saturated rings. The highest BCUT2D eigenvalue weighted by Crippen LogP contribution is 2.36. The van der Waals surface area contributed by atoms with Crippen molar-refractivity contribution in [3.8, 4) is 11.8 Å². The highest BCUT2D eigenvalue weighted by Gasteiger charge is 2.17. The van der Waals surface area contributed by atoms with Crippen molar-refractivity contribution in [3.05, 3.63) is 74.8 Å². The third kappa shape index (κ3) is 3.91. The number of fused-ring (bicyclic) bond motifs is 1. The molecule has 130 valence electrons. The molecule has 4 nitrogen and oxygen atoms in total. The maximum Gasteiger partial charge on any atom is 0.266 e. The molecular weight excluding hydrogens is 371 g/mol. The van der Waals surface area contributed by atoms with E-state index in [9.17, 15) is 10.1 Å². The van der Waals surface area contributed by atoms with E-state index >= 15 is 0 Å². The standard InChI is InChI=1S/C20H14Cl2N2O2/c1-12-4-2-3-5-18(12)24-20(25)15(10-23)7-13-6-14-8-16(21)9-17(22)19(14)26-11-13/h2-9H,11H2,1H3,(H,24,25)/b15-7+. The van der Waals surface area contributed by atoms with E-state index in [2.05, 4.69) is 5.32 Å². The fraction of sp³-hybridized carbons (Fsp3) is 0.100. The van der Waals surface area contributed by atoms with Crippen LogP contribution in [0.25, 0.3) is 6.08 Å². The van der Waals surface area contributed by atoms with E-state index < -0.39 is 5.91 Å². The Morgan fingerprint density at radius 1 is 1.31 bits per heavy atom. The van der Waals surface area contributed by atoms with Crippen LogP contribution in [0.3, 0.4) is 0 Å². The minimum Gasteiger partial charge on any atom is -0.487 e. The second-order valence-electron chi connectivity index (χ2n) is 5.75. The quantitative estimate of drug-likeness (QED) is 0.586. The summed E-state index contributed by atoms with van der Waals surface area (Å²) in [5, 5.41) is 13.0. The molecule has 1 aliphatic heterocycles. The molecule has 2 aromatic rings. The fourth-order valence-electron chi connectivity index (χ4n) is 2.56. The number of nitrogens with one attached hydrogen (secondary N) is 1. The van der Waals surface area contributed by atoms with Crippen LogP contribution < -0.4 is 10.1 Å². The largest absolute Gasteiger partial charge is 0.487 e. The number of carbonyl (C=O) groups is 1. The number of nitrogens with zero attached hydrogens (tertiary/aromatic N) is 1. The SMILES string of the molecule is Cc1ccccc1NC(=O)/C(C#N)=C/C1=Cc2cc(Cl)cc(Cl)c2OC1. The molecule has 0 radical (unpaired) electrons. The summed E-state index contributed by atoms with van der Waals surface area (Å²) >= 11 is 12.1. The lowest BCUT2D eigenvalue weighted by atomic mass is 10.0. The van der Waals surface area contributed by atoms with Gasteiger partial charge in [0.15, 0.2) is 0 Å². The molecule has 6 heteroatoms. The molecular formula is C20H14Cl2N2O2. The molecule has 2 aromatic carbocycles. The Kier molecular flexibility index (Phi) is 5.32. The number of ether oxygens (including phenoxy) is 1. The zero-order valence-corrected chi connectivity index (χ0v) is 15.4. The van der Waals surface area contributed by atoms with E-state index in [4.69, 9.17) is 27.9 Å². The van der Waals surface area contributed by atoms with Crippen molar-refractivity contribution in [2.24, 2.45) is 0 Å². The van der Waals surface area contributed by atoms with Gasteiger partial charge in [0.1, 0.15) is 24.0 Å². The average molecular weight is 385 g/mol. The normalized spacial score (nSPS) is 13.2. The zero-order valence-electron chi connectivity index (χ0n) is 13.8. The summed E-state index contributed by atoms with van der Waals surface area (Å²) in [7, 11) is 0. The van der Waals surface area contributed by atoms with Crippen LogP contribution in [0.15, 0.2) is 53.6 Å². The molecule has 1 heterocycles. The Bertz CT molecular complexity index is 988. The highest BCUT2D eigenvalue weighted by atomic mass is 35.5. The third-order valence-corrected chi connectivity index (χ3v) is 4.35. The monoisotopic (exact) mass is 384 g/mol. The molecule has 26 heavy (non-hydrogen) atoms. The molecule has 1 amide bonds. The van der Waals surface area contributed by atoms with Crippen molar-refractivity contribution in [2.75, 3.05) is 11.9 Å². The first-order valence-electron chi connectivity index (χ1n) is 7.79. The molecule has 0 bridgehead atoms. The average Bonchev–Trinajstić information content (AvgIpc) is 2.61. The predicted molar refractivity (Wildman–Crippen MR) is 103 cm³/mol. The second kappa shape index (κ2) is 7.65. The summed E-state index contributed by atoms with van der Waals surface area (Å²) in [6.07, 6.45) is 3.31. The molecule has 0 unspecified atom stereocenters. The first-order chi connectivity index (χ1) is 12.5. The molecule has 0 aliphatic carbocycles. The Morgan fingerprint density at radius 2 is 2.08 bits per heavy atom. The number of hydrogen-bond acceptors (Lipinski definition) is 3. The van der Waals surface area contributed by atoms with E-state index in [1.54, 1.807) is 24.3 Å². The number of para-hydroxylation sites is 1. The van der Waals surface area contributed by atoms with E-state index in [-0.39, 0.29) is 12.2 Å². The zero-order chi connectivity index (χ0) is 18.7. The topological polar surface area (TPSA) is 62.1 Å². The summed E-state index contributed by atoms with van der Waals surface area (Å²) in [5.74, 6) is 0.0636. The lowest BCUT2D eigenvalue weighted by Gasteiger charge is -2.18. The van der Waals surface area contributed by atoms with Crippen LogP contribution in [0, 0.1) is 18.3 Å². The number of nitriles is 1. The van der Waals surface area contributed by atoms with Crippen LogP contribution in [0.2, 0.25) is 10.0 Å². The van der Waals surface area contributed by atoms with Crippen molar-refractivity contribution in [1.29, 1.82) is 5.26 Å². The minimum atomic E-state index is -0.474. The molecule has 0 saturated carbocycles. The van der Waals surface area contributed by atoms with Crippen LogP contribution in [-0.2, 0) is 4.79 Å². The first kappa shape index (κ1) is 18.1. The van der Waals surface area contributed by atoms with Crippen molar-refractivity contribution in [2.45, 2.75) is 6.92 Å². The number of amides is 1. The van der Waals surface area contributed by atoms with Gasteiger partial charge in [0.05, 0.1) is 5.02 Å². The number of carbonyl (C=O) groups excluding carboxylic acids is 1. The van der Waals surface area contributed by atoms with Crippen LogP contribution >= 0.6 is 23.2 Å². The van der Waals surface area contributed by atoms with Gasteiger partial charge >= 0.3 is 0 Å². The maximum absolute atomic E-state index is 12.4. The Hall–Kier alpha value is -2.74. The number of hydrogen-bond donors (Lipinski definition) is 1. The minimum absolute atomic E-state index is 0.0142. The van der Waals surface area contributed by atoms with Crippen molar-refractivity contribution < 1.29 is 9.53 Å².